The SMILES string of the molecule is CC(CN)(CO)COC(C)(C)C. The Morgan fingerprint density at radius 2 is 1.75 bits per heavy atom. The van der Waals surface area contributed by atoms with Crippen LogP contribution in [-0.2, 0) is 4.74 Å². The van der Waals surface area contributed by atoms with Crippen LogP contribution in [0.5, 0.6) is 0 Å². The fraction of sp³-hybridized carbons (Fsp3) is 1.00. The third kappa shape index (κ3) is 4.70. The summed E-state index contributed by atoms with van der Waals surface area (Å²) in [4.78, 5) is 0. The smallest absolute Gasteiger partial charge is 0.0598 e. The highest BCUT2D eigenvalue weighted by molar-refractivity contribution is 4.75. The van der Waals surface area contributed by atoms with E-state index in [9.17, 15) is 0 Å². The van der Waals surface area contributed by atoms with E-state index in [4.69, 9.17) is 15.6 Å². The predicted octanol–water partition coefficient (Wildman–Crippen LogP) is 0.759. The van der Waals surface area contributed by atoms with Crippen molar-refractivity contribution in [3.05, 3.63) is 0 Å². The van der Waals surface area contributed by atoms with Crippen LogP contribution in [0.2, 0.25) is 0 Å². The average molecular weight is 175 g/mol. The Morgan fingerprint density at radius 1 is 1.25 bits per heavy atom. The minimum absolute atomic E-state index is 0.0690. The van der Waals surface area contributed by atoms with E-state index < -0.39 is 0 Å². The van der Waals surface area contributed by atoms with E-state index in [1.54, 1.807) is 0 Å². The van der Waals surface area contributed by atoms with Crippen molar-refractivity contribution in [3.8, 4) is 0 Å². The van der Waals surface area contributed by atoms with Crippen molar-refractivity contribution >= 4 is 0 Å². The molecule has 0 amide bonds. The zero-order chi connectivity index (χ0) is 9.83. The van der Waals surface area contributed by atoms with E-state index in [-0.39, 0.29) is 17.6 Å². The standard InChI is InChI=1S/C9H21NO2/c1-8(2,3)12-7-9(4,5-10)6-11/h11H,5-7,10H2,1-4H3. The van der Waals surface area contributed by atoms with Gasteiger partial charge in [0.2, 0.25) is 0 Å². The molecule has 74 valence electrons. The molecule has 0 radical (unpaired) electrons. The quantitative estimate of drug-likeness (QED) is 0.663. The molecular weight excluding hydrogens is 154 g/mol. The number of nitrogens with two attached hydrogens (primary N) is 1. The second-order valence-corrected chi connectivity index (χ2v) is 4.57. The van der Waals surface area contributed by atoms with Crippen LogP contribution in [0.1, 0.15) is 27.7 Å². The van der Waals surface area contributed by atoms with Crippen LogP contribution in [-0.4, -0.2) is 30.5 Å². The van der Waals surface area contributed by atoms with Crippen LogP contribution < -0.4 is 5.73 Å². The number of hydrogen-bond donors (Lipinski definition) is 2. The topological polar surface area (TPSA) is 55.5 Å². The number of aliphatic hydroxyl groups excluding tert-OH is 1. The fourth-order valence-corrected chi connectivity index (χ4v) is 0.560. The maximum Gasteiger partial charge on any atom is 0.0598 e. The van der Waals surface area contributed by atoms with Gasteiger partial charge in [-0.25, -0.2) is 0 Å². The summed E-state index contributed by atoms with van der Waals surface area (Å²) < 4.78 is 5.54. The lowest BCUT2D eigenvalue weighted by Gasteiger charge is -2.30. The molecule has 12 heavy (non-hydrogen) atoms. The van der Waals surface area contributed by atoms with Gasteiger partial charge in [-0.15, -0.1) is 0 Å². The van der Waals surface area contributed by atoms with Crippen LogP contribution in [0.15, 0.2) is 0 Å². The van der Waals surface area contributed by atoms with Gasteiger partial charge in [0.15, 0.2) is 0 Å². The molecule has 0 aliphatic carbocycles. The Balaban J connectivity index is 3.89. The molecule has 1 unspecified atom stereocenters. The molecule has 0 aromatic rings. The van der Waals surface area contributed by atoms with Crippen LogP contribution in [0, 0.1) is 5.41 Å². The molecule has 0 rings (SSSR count). The normalized spacial score (nSPS) is 17.5. The second-order valence-electron chi connectivity index (χ2n) is 4.57. The number of aliphatic hydroxyl groups is 1. The summed E-state index contributed by atoms with van der Waals surface area (Å²) in [7, 11) is 0. The first-order chi connectivity index (χ1) is 5.33. The molecular formula is C9H21NO2. The summed E-state index contributed by atoms with van der Waals surface area (Å²) in [6, 6.07) is 0. The summed E-state index contributed by atoms with van der Waals surface area (Å²) in [5.41, 5.74) is 5.05. The minimum atomic E-state index is -0.298. The van der Waals surface area contributed by atoms with Gasteiger partial charge in [-0.3, -0.25) is 0 Å². The molecule has 0 aromatic heterocycles. The lowest BCUT2D eigenvalue weighted by atomic mass is 9.93. The van der Waals surface area contributed by atoms with E-state index in [1.807, 2.05) is 27.7 Å². The van der Waals surface area contributed by atoms with Crippen molar-refractivity contribution in [2.24, 2.45) is 11.1 Å². The highest BCUT2D eigenvalue weighted by Crippen LogP contribution is 2.17. The van der Waals surface area contributed by atoms with E-state index in [2.05, 4.69) is 0 Å². The van der Waals surface area contributed by atoms with Gasteiger partial charge in [0.25, 0.3) is 0 Å². The molecule has 0 spiro atoms. The molecule has 0 aliphatic heterocycles. The Hall–Kier alpha value is -0.120. The summed E-state index contributed by atoms with van der Waals surface area (Å²) in [5.74, 6) is 0. The highest BCUT2D eigenvalue weighted by atomic mass is 16.5. The van der Waals surface area contributed by atoms with Gasteiger partial charge in [0.05, 0.1) is 18.8 Å². The van der Waals surface area contributed by atoms with Crippen molar-refractivity contribution in [1.29, 1.82) is 0 Å². The van der Waals surface area contributed by atoms with E-state index in [0.29, 0.717) is 13.2 Å². The molecule has 0 saturated carbocycles. The number of hydrogen-bond acceptors (Lipinski definition) is 3. The second kappa shape index (κ2) is 4.21. The monoisotopic (exact) mass is 175 g/mol. The molecule has 0 aromatic carbocycles. The van der Waals surface area contributed by atoms with Crippen molar-refractivity contribution < 1.29 is 9.84 Å². The maximum atomic E-state index is 9.02. The molecule has 3 heteroatoms. The Morgan fingerprint density at radius 3 is 2.00 bits per heavy atom. The molecule has 1 atom stereocenters. The zero-order valence-electron chi connectivity index (χ0n) is 8.55. The predicted molar refractivity (Wildman–Crippen MR) is 50.0 cm³/mol. The van der Waals surface area contributed by atoms with Gasteiger partial charge in [-0.2, -0.15) is 0 Å². The van der Waals surface area contributed by atoms with Gasteiger partial charge in [0.1, 0.15) is 0 Å². The third-order valence-corrected chi connectivity index (χ3v) is 1.73. The van der Waals surface area contributed by atoms with Gasteiger partial charge in [-0.1, -0.05) is 6.92 Å². The highest BCUT2D eigenvalue weighted by Gasteiger charge is 2.24. The zero-order valence-corrected chi connectivity index (χ0v) is 8.55. The molecule has 0 bridgehead atoms. The van der Waals surface area contributed by atoms with E-state index >= 15 is 0 Å². The van der Waals surface area contributed by atoms with Crippen LogP contribution in [0.4, 0.5) is 0 Å². The fourth-order valence-electron chi connectivity index (χ4n) is 0.560. The Bertz CT molecular complexity index is 125. The molecule has 3 N–H and O–H groups in total. The van der Waals surface area contributed by atoms with Gasteiger partial charge in [0, 0.05) is 12.0 Å². The summed E-state index contributed by atoms with van der Waals surface area (Å²) in [6.45, 7) is 8.89. The largest absolute Gasteiger partial charge is 0.396 e. The van der Waals surface area contributed by atoms with Crippen LogP contribution >= 0.6 is 0 Å². The van der Waals surface area contributed by atoms with Crippen molar-refractivity contribution in [1.82, 2.24) is 0 Å². The first-order valence-corrected chi connectivity index (χ1v) is 4.28. The third-order valence-electron chi connectivity index (χ3n) is 1.73. The number of rotatable bonds is 4. The molecule has 0 fully saturated rings. The van der Waals surface area contributed by atoms with Gasteiger partial charge < -0.3 is 15.6 Å². The van der Waals surface area contributed by atoms with Crippen molar-refractivity contribution in [2.75, 3.05) is 19.8 Å². The van der Waals surface area contributed by atoms with Gasteiger partial charge >= 0.3 is 0 Å². The molecule has 0 heterocycles. The summed E-state index contributed by atoms with van der Waals surface area (Å²) >= 11 is 0. The van der Waals surface area contributed by atoms with Crippen molar-refractivity contribution in [3.63, 3.8) is 0 Å². The lowest BCUT2D eigenvalue weighted by Crippen LogP contribution is -2.38. The maximum absolute atomic E-state index is 9.02. The summed E-state index contributed by atoms with van der Waals surface area (Å²) in [6.07, 6.45) is 0. The first-order valence-electron chi connectivity index (χ1n) is 4.28. The van der Waals surface area contributed by atoms with Crippen molar-refractivity contribution in [2.45, 2.75) is 33.3 Å². The molecule has 3 nitrogen and oxygen atoms in total. The molecule has 0 aliphatic rings. The first kappa shape index (κ1) is 11.9. The Kier molecular flexibility index (Phi) is 4.17. The van der Waals surface area contributed by atoms with E-state index in [0.717, 1.165) is 0 Å². The minimum Gasteiger partial charge on any atom is -0.396 e. The average Bonchev–Trinajstić information content (AvgIpc) is 1.99. The Labute approximate surface area is 74.9 Å². The number of ether oxygens (including phenoxy) is 1. The van der Waals surface area contributed by atoms with Crippen LogP contribution in [0.3, 0.4) is 0 Å². The lowest BCUT2D eigenvalue weighted by molar-refractivity contribution is -0.0588. The van der Waals surface area contributed by atoms with Crippen LogP contribution in [0.25, 0.3) is 0 Å². The summed E-state index contributed by atoms with van der Waals surface area (Å²) in [5, 5.41) is 9.02. The molecule has 0 saturated heterocycles. The van der Waals surface area contributed by atoms with E-state index in [1.165, 1.54) is 0 Å². The van der Waals surface area contributed by atoms with Gasteiger partial charge in [-0.05, 0) is 20.8 Å².